The molecule has 0 aromatic heterocycles. The summed E-state index contributed by atoms with van der Waals surface area (Å²) in [6.45, 7) is 7.14. The summed E-state index contributed by atoms with van der Waals surface area (Å²) >= 11 is 0. The molecule has 0 saturated carbocycles. The van der Waals surface area contributed by atoms with Gasteiger partial charge in [-0.25, -0.2) is 9.38 Å². The molecule has 0 heterocycles. The van der Waals surface area contributed by atoms with E-state index in [1.54, 1.807) is 12.1 Å². The molecule has 6 nitrogen and oxygen atoms in total. The lowest BCUT2D eigenvalue weighted by molar-refractivity contribution is 0.180. The van der Waals surface area contributed by atoms with Crippen molar-refractivity contribution in [3.05, 3.63) is 59.4 Å². The maximum Gasteiger partial charge on any atom is 0.191 e. The minimum absolute atomic E-state index is 0.102. The lowest BCUT2D eigenvalue weighted by Gasteiger charge is -2.16. The second-order valence-electron chi connectivity index (χ2n) is 6.80. The van der Waals surface area contributed by atoms with Crippen LogP contribution in [-0.2, 0) is 6.54 Å². The second-order valence-corrected chi connectivity index (χ2v) is 6.80. The van der Waals surface area contributed by atoms with Crippen LogP contribution in [0.25, 0.3) is 0 Å². The molecule has 0 aliphatic carbocycles. The summed E-state index contributed by atoms with van der Waals surface area (Å²) in [5.41, 5.74) is 1.50. The largest absolute Gasteiger partial charge is 0.494 e. The predicted octanol–water partition coefficient (Wildman–Crippen LogP) is 3.41. The Morgan fingerprint density at radius 2 is 1.86 bits per heavy atom. The molecule has 2 rings (SSSR count). The number of guanidine groups is 1. The van der Waals surface area contributed by atoms with Crippen LogP contribution in [0.1, 0.15) is 38.0 Å². The van der Waals surface area contributed by atoms with Crippen molar-refractivity contribution in [1.82, 2.24) is 10.6 Å². The fraction of sp³-hybridized carbons (Fsp3) is 0.409. The third kappa shape index (κ3) is 7.27. The van der Waals surface area contributed by atoms with Crippen LogP contribution in [0.5, 0.6) is 11.5 Å². The van der Waals surface area contributed by atoms with Gasteiger partial charge in [0, 0.05) is 13.1 Å². The molecule has 0 spiro atoms. The molecule has 29 heavy (non-hydrogen) atoms. The zero-order valence-corrected chi connectivity index (χ0v) is 17.4. The summed E-state index contributed by atoms with van der Waals surface area (Å²) in [5.74, 6) is 1.10. The van der Waals surface area contributed by atoms with E-state index in [-0.39, 0.29) is 18.4 Å². The smallest absolute Gasteiger partial charge is 0.191 e. The molecule has 1 unspecified atom stereocenters. The molecule has 158 valence electrons. The van der Waals surface area contributed by atoms with Gasteiger partial charge in [0.05, 0.1) is 25.9 Å². The lowest BCUT2D eigenvalue weighted by Crippen LogP contribution is -2.39. The van der Waals surface area contributed by atoms with Gasteiger partial charge in [0.15, 0.2) is 17.5 Å². The van der Waals surface area contributed by atoms with Crippen molar-refractivity contribution in [3.8, 4) is 11.5 Å². The number of hydrogen-bond donors (Lipinski definition) is 3. The highest BCUT2D eigenvalue weighted by Crippen LogP contribution is 2.19. The Morgan fingerprint density at radius 1 is 1.14 bits per heavy atom. The van der Waals surface area contributed by atoms with Crippen molar-refractivity contribution < 1.29 is 19.0 Å². The minimum atomic E-state index is -0.703. The number of aliphatic hydroxyl groups is 1. The van der Waals surface area contributed by atoms with E-state index >= 15 is 0 Å². The van der Waals surface area contributed by atoms with Gasteiger partial charge in [-0.05, 0) is 56.2 Å². The number of hydrogen-bond acceptors (Lipinski definition) is 4. The van der Waals surface area contributed by atoms with E-state index in [1.165, 1.54) is 13.2 Å². The van der Waals surface area contributed by atoms with Crippen molar-refractivity contribution in [2.75, 3.05) is 20.2 Å². The van der Waals surface area contributed by atoms with Gasteiger partial charge < -0.3 is 25.2 Å². The first-order valence-corrected chi connectivity index (χ1v) is 9.72. The van der Waals surface area contributed by atoms with E-state index in [0.717, 1.165) is 16.9 Å². The van der Waals surface area contributed by atoms with E-state index in [2.05, 4.69) is 15.6 Å². The number of aliphatic imine (C=N–C) groups is 1. The van der Waals surface area contributed by atoms with Crippen LogP contribution in [-0.4, -0.2) is 37.4 Å². The number of rotatable bonds is 9. The zero-order chi connectivity index (χ0) is 21.2. The maximum absolute atomic E-state index is 13.8. The summed E-state index contributed by atoms with van der Waals surface area (Å²) in [4.78, 5) is 4.45. The van der Waals surface area contributed by atoms with Gasteiger partial charge in [0.1, 0.15) is 5.75 Å². The van der Waals surface area contributed by atoms with E-state index in [1.807, 2.05) is 45.0 Å². The molecule has 3 N–H and O–H groups in total. The highest BCUT2D eigenvalue weighted by atomic mass is 19.1. The average molecular weight is 403 g/mol. The third-order valence-corrected chi connectivity index (χ3v) is 4.08. The van der Waals surface area contributed by atoms with E-state index in [9.17, 15) is 9.50 Å². The minimum Gasteiger partial charge on any atom is -0.494 e. The molecular weight excluding hydrogens is 373 g/mol. The molecule has 0 aliphatic rings. The van der Waals surface area contributed by atoms with Crippen molar-refractivity contribution >= 4 is 5.96 Å². The molecule has 7 heteroatoms. The third-order valence-electron chi connectivity index (χ3n) is 4.08. The molecule has 1 atom stereocenters. The van der Waals surface area contributed by atoms with Gasteiger partial charge in [-0.3, -0.25) is 0 Å². The zero-order valence-electron chi connectivity index (χ0n) is 17.4. The highest BCUT2D eigenvalue weighted by Gasteiger charge is 2.10. The normalized spacial score (nSPS) is 12.6. The number of aliphatic hydroxyl groups excluding tert-OH is 1. The van der Waals surface area contributed by atoms with Crippen LogP contribution in [0.15, 0.2) is 47.5 Å². The Morgan fingerprint density at radius 3 is 2.45 bits per heavy atom. The van der Waals surface area contributed by atoms with E-state index < -0.39 is 11.9 Å². The van der Waals surface area contributed by atoms with Crippen LogP contribution >= 0.6 is 0 Å². The summed E-state index contributed by atoms with van der Waals surface area (Å²) in [7, 11) is 1.43. The van der Waals surface area contributed by atoms with Crippen molar-refractivity contribution in [2.24, 2.45) is 4.99 Å². The Kier molecular flexibility index (Phi) is 8.73. The Balaban J connectivity index is 1.95. The Hall–Kier alpha value is -2.80. The van der Waals surface area contributed by atoms with E-state index in [4.69, 9.17) is 9.47 Å². The van der Waals surface area contributed by atoms with Crippen molar-refractivity contribution in [3.63, 3.8) is 0 Å². The monoisotopic (exact) mass is 403 g/mol. The first kappa shape index (κ1) is 22.5. The number of methoxy groups -OCH3 is 1. The summed E-state index contributed by atoms with van der Waals surface area (Å²) in [6, 6.07) is 12.1. The number of halogens is 1. The lowest BCUT2D eigenvalue weighted by atomic mass is 10.1. The van der Waals surface area contributed by atoms with Gasteiger partial charge in [0.25, 0.3) is 0 Å². The van der Waals surface area contributed by atoms with Crippen LogP contribution in [0.3, 0.4) is 0 Å². The fourth-order valence-electron chi connectivity index (χ4n) is 2.67. The average Bonchev–Trinajstić information content (AvgIpc) is 2.70. The molecule has 2 aromatic carbocycles. The first-order valence-electron chi connectivity index (χ1n) is 9.72. The Bertz CT molecular complexity index is 794. The SMILES string of the molecule is CCNC(=NCc1ccc(OC)c(F)c1)NCC(O)c1ccc(OC(C)C)cc1. The molecule has 0 fully saturated rings. The topological polar surface area (TPSA) is 75.1 Å². The van der Waals surface area contributed by atoms with Crippen molar-refractivity contribution in [1.29, 1.82) is 0 Å². The molecule has 0 saturated heterocycles. The van der Waals surface area contributed by atoms with Gasteiger partial charge in [0.2, 0.25) is 0 Å². The first-order chi connectivity index (χ1) is 13.9. The van der Waals surface area contributed by atoms with E-state index in [0.29, 0.717) is 19.0 Å². The van der Waals surface area contributed by atoms with Crippen LogP contribution in [0, 0.1) is 5.82 Å². The van der Waals surface area contributed by atoms with Crippen LogP contribution in [0.4, 0.5) is 4.39 Å². The molecule has 0 amide bonds. The number of nitrogens with one attached hydrogen (secondary N) is 2. The fourth-order valence-corrected chi connectivity index (χ4v) is 2.67. The van der Waals surface area contributed by atoms with Gasteiger partial charge in [-0.15, -0.1) is 0 Å². The predicted molar refractivity (Wildman–Crippen MR) is 113 cm³/mol. The molecule has 0 radical (unpaired) electrons. The molecule has 0 bridgehead atoms. The second kappa shape index (κ2) is 11.3. The van der Waals surface area contributed by atoms with Crippen molar-refractivity contribution in [2.45, 2.75) is 39.5 Å². The number of benzene rings is 2. The summed E-state index contributed by atoms with van der Waals surface area (Å²) in [5, 5.41) is 16.7. The van der Waals surface area contributed by atoms with Gasteiger partial charge >= 0.3 is 0 Å². The Labute approximate surface area is 171 Å². The van der Waals surface area contributed by atoms with Crippen LogP contribution < -0.4 is 20.1 Å². The quantitative estimate of drug-likeness (QED) is 0.442. The maximum atomic E-state index is 13.8. The molecule has 0 aliphatic heterocycles. The summed E-state index contributed by atoms with van der Waals surface area (Å²) in [6.07, 6.45) is -0.601. The van der Waals surface area contributed by atoms with Gasteiger partial charge in [-0.1, -0.05) is 18.2 Å². The highest BCUT2D eigenvalue weighted by molar-refractivity contribution is 5.79. The standard InChI is InChI=1S/C22H30FN3O3/c1-5-24-22(25-13-16-6-11-21(28-4)19(23)12-16)26-14-20(27)17-7-9-18(10-8-17)29-15(2)3/h6-12,15,20,27H,5,13-14H2,1-4H3,(H2,24,25,26). The molecule has 2 aromatic rings. The molecular formula is C22H30FN3O3. The van der Waals surface area contributed by atoms with Gasteiger partial charge in [-0.2, -0.15) is 0 Å². The summed E-state index contributed by atoms with van der Waals surface area (Å²) < 4.78 is 24.4. The van der Waals surface area contributed by atoms with Crippen LogP contribution in [0.2, 0.25) is 0 Å². The number of nitrogens with zero attached hydrogens (tertiary/aromatic N) is 1. The number of ether oxygens (including phenoxy) is 2.